The van der Waals surface area contributed by atoms with Crippen LogP contribution >= 0.6 is 0 Å². The standard InChI is InChI=1S/C14H30N4O5S2/c1-5-15(6-2)24(19,20)16-7-9-17(10-8-16)25(21,22)18-11-13(3)23-14(4)12-18/h13-14H,5-12H2,1-4H3. The van der Waals surface area contributed by atoms with Crippen LogP contribution in [-0.2, 0) is 25.2 Å². The normalized spacial score (nSPS) is 28.5. The maximum atomic E-state index is 12.9. The SMILES string of the molecule is CCN(CC)S(=O)(=O)N1CCN(S(=O)(=O)N2CC(C)OC(C)C2)CC1. The van der Waals surface area contributed by atoms with Crippen LogP contribution in [-0.4, -0.2) is 98.6 Å². The Morgan fingerprint density at radius 3 is 1.72 bits per heavy atom. The molecule has 0 N–H and O–H groups in total. The maximum absolute atomic E-state index is 12.9. The first kappa shape index (κ1) is 21.0. The molecule has 2 aliphatic rings. The third kappa shape index (κ3) is 4.52. The molecule has 0 amide bonds. The molecule has 11 heteroatoms. The maximum Gasteiger partial charge on any atom is 0.282 e. The fraction of sp³-hybridized carbons (Fsp3) is 1.00. The summed E-state index contributed by atoms with van der Waals surface area (Å²) in [5.41, 5.74) is 0. The molecule has 2 heterocycles. The van der Waals surface area contributed by atoms with Gasteiger partial charge in [0.1, 0.15) is 0 Å². The van der Waals surface area contributed by atoms with Gasteiger partial charge in [0, 0.05) is 52.4 Å². The summed E-state index contributed by atoms with van der Waals surface area (Å²) in [6, 6.07) is 0. The first-order chi connectivity index (χ1) is 11.6. The summed E-state index contributed by atoms with van der Waals surface area (Å²) in [4.78, 5) is 0. The lowest BCUT2D eigenvalue weighted by molar-refractivity contribution is -0.0456. The number of morpholine rings is 1. The minimum absolute atomic E-state index is 0.150. The number of ether oxygens (including phenoxy) is 1. The van der Waals surface area contributed by atoms with E-state index in [1.54, 1.807) is 13.8 Å². The van der Waals surface area contributed by atoms with E-state index < -0.39 is 20.4 Å². The molecule has 0 bridgehead atoms. The highest BCUT2D eigenvalue weighted by Gasteiger charge is 2.39. The summed E-state index contributed by atoms with van der Waals surface area (Å²) in [7, 11) is -7.12. The number of hydrogen-bond donors (Lipinski definition) is 0. The molecule has 2 fully saturated rings. The first-order valence-corrected chi connectivity index (χ1v) is 11.6. The Morgan fingerprint density at radius 2 is 1.28 bits per heavy atom. The van der Waals surface area contributed by atoms with Crippen LogP contribution in [0.15, 0.2) is 0 Å². The van der Waals surface area contributed by atoms with Gasteiger partial charge in [-0.2, -0.15) is 34.1 Å². The zero-order chi connectivity index (χ0) is 18.8. The van der Waals surface area contributed by atoms with Crippen molar-refractivity contribution in [2.24, 2.45) is 0 Å². The molecule has 2 aliphatic heterocycles. The highest BCUT2D eigenvalue weighted by atomic mass is 32.2. The van der Waals surface area contributed by atoms with Crippen LogP contribution in [0.4, 0.5) is 0 Å². The fourth-order valence-corrected chi connectivity index (χ4v) is 6.68. The van der Waals surface area contributed by atoms with Gasteiger partial charge in [-0.3, -0.25) is 0 Å². The monoisotopic (exact) mass is 398 g/mol. The molecule has 148 valence electrons. The van der Waals surface area contributed by atoms with E-state index in [0.717, 1.165) is 0 Å². The van der Waals surface area contributed by atoms with Crippen molar-refractivity contribution in [1.29, 1.82) is 0 Å². The molecule has 0 aromatic rings. The van der Waals surface area contributed by atoms with Gasteiger partial charge in [-0.05, 0) is 13.8 Å². The summed E-state index contributed by atoms with van der Waals surface area (Å²) in [6.45, 7) is 9.44. The molecule has 0 aliphatic carbocycles. The summed E-state index contributed by atoms with van der Waals surface area (Å²) < 4.78 is 62.0. The van der Waals surface area contributed by atoms with Crippen LogP contribution in [0.2, 0.25) is 0 Å². The largest absolute Gasteiger partial charge is 0.373 e. The molecule has 0 aromatic carbocycles. The molecule has 25 heavy (non-hydrogen) atoms. The average molecular weight is 399 g/mol. The van der Waals surface area contributed by atoms with E-state index in [2.05, 4.69) is 0 Å². The summed E-state index contributed by atoms with van der Waals surface area (Å²) in [5, 5.41) is 0. The Kier molecular flexibility index (Phi) is 6.85. The van der Waals surface area contributed by atoms with Gasteiger partial charge in [-0.1, -0.05) is 13.8 Å². The number of hydrogen-bond acceptors (Lipinski definition) is 5. The second kappa shape index (κ2) is 8.15. The molecule has 2 atom stereocenters. The quantitative estimate of drug-likeness (QED) is 0.604. The van der Waals surface area contributed by atoms with Crippen molar-refractivity contribution in [3.8, 4) is 0 Å². The van der Waals surface area contributed by atoms with Crippen molar-refractivity contribution in [3.63, 3.8) is 0 Å². The Balaban J connectivity index is 2.04. The summed E-state index contributed by atoms with van der Waals surface area (Å²) in [5.74, 6) is 0. The van der Waals surface area contributed by atoms with Gasteiger partial charge in [-0.15, -0.1) is 0 Å². The Morgan fingerprint density at radius 1 is 0.840 bits per heavy atom. The lowest BCUT2D eigenvalue weighted by Crippen LogP contribution is -2.58. The molecule has 0 spiro atoms. The van der Waals surface area contributed by atoms with Gasteiger partial charge >= 0.3 is 0 Å². The van der Waals surface area contributed by atoms with Gasteiger partial charge < -0.3 is 4.74 Å². The van der Waals surface area contributed by atoms with Crippen LogP contribution < -0.4 is 0 Å². The van der Waals surface area contributed by atoms with E-state index in [-0.39, 0.29) is 38.4 Å². The topological polar surface area (TPSA) is 90.5 Å². The molecule has 0 aromatic heterocycles. The van der Waals surface area contributed by atoms with E-state index >= 15 is 0 Å². The Hall–Kier alpha value is -0.300. The molecule has 0 radical (unpaired) electrons. The summed E-state index contributed by atoms with van der Waals surface area (Å²) >= 11 is 0. The van der Waals surface area contributed by atoms with E-state index in [1.165, 1.54) is 17.2 Å². The molecule has 9 nitrogen and oxygen atoms in total. The predicted octanol–water partition coefficient (Wildman–Crippen LogP) is -0.455. The zero-order valence-corrected chi connectivity index (χ0v) is 17.1. The molecular weight excluding hydrogens is 368 g/mol. The third-order valence-corrected chi connectivity index (χ3v) is 8.75. The second-order valence-electron chi connectivity index (χ2n) is 6.47. The van der Waals surface area contributed by atoms with Gasteiger partial charge in [0.2, 0.25) is 0 Å². The third-order valence-electron chi connectivity index (χ3n) is 4.59. The molecule has 0 saturated carbocycles. The highest BCUT2D eigenvalue weighted by Crippen LogP contribution is 2.20. The van der Waals surface area contributed by atoms with Crippen LogP contribution in [0.5, 0.6) is 0 Å². The van der Waals surface area contributed by atoms with E-state index in [1.807, 2.05) is 13.8 Å². The van der Waals surface area contributed by atoms with Crippen molar-refractivity contribution in [3.05, 3.63) is 0 Å². The Labute approximate surface area is 151 Å². The minimum atomic E-state index is -3.60. The van der Waals surface area contributed by atoms with Gasteiger partial charge in [-0.25, -0.2) is 0 Å². The van der Waals surface area contributed by atoms with Gasteiger partial charge in [0.15, 0.2) is 0 Å². The summed E-state index contributed by atoms with van der Waals surface area (Å²) in [6.07, 6.45) is -0.300. The van der Waals surface area contributed by atoms with E-state index in [4.69, 9.17) is 4.74 Å². The van der Waals surface area contributed by atoms with Crippen LogP contribution in [0.1, 0.15) is 27.7 Å². The van der Waals surface area contributed by atoms with Crippen LogP contribution in [0, 0.1) is 0 Å². The molecule has 2 unspecified atom stereocenters. The number of nitrogens with zero attached hydrogens (tertiary/aromatic N) is 4. The lowest BCUT2D eigenvalue weighted by Gasteiger charge is -2.40. The smallest absolute Gasteiger partial charge is 0.282 e. The van der Waals surface area contributed by atoms with Crippen molar-refractivity contribution in [1.82, 2.24) is 17.2 Å². The zero-order valence-electron chi connectivity index (χ0n) is 15.5. The molecule has 2 saturated heterocycles. The minimum Gasteiger partial charge on any atom is -0.373 e. The van der Waals surface area contributed by atoms with Crippen LogP contribution in [0.25, 0.3) is 0 Å². The van der Waals surface area contributed by atoms with Crippen LogP contribution in [0.3, 0.4) is 0 Å². The molecule has 2 rings (SSSR count). The van der Waals surface area contributed by atoms with Crippen molar-refractivity contribution in [2.45, 2.75) is 39.9 Å². The first-order valence-electron chi connectivity index (χ1n) is 8.78. The van der Waals surface area contributed by atoms with Gasteiger partial charge in [0.25, 0.3) is 20.4 Å². The number of piperazine rings is 1. The van der Waals surface area contributed by atoms with E-state index in [0.29, 0.717) is 26.2 Å². The Bertz CT molecular complexity index is 632. The average Bonchev–Trinajstić information content (AvgIpc) is 2.55. The van der Waals surface area contributed by atoms with Gasteiger partial charge in [0.05, 0.1) is 12.2 Å². The molecular formula is C14H30N4O5S2. The highest BCUT2D eigenvalue weighted by molar-refractivity contribution is 7.87. The van der Waals surface area contributed by atoms with Crippen molar-refractivity contribution >= 4 is 20.4 Å². The van der Waals surface area contributed by atoms with E-state index in [9.17, 15) is 16.8 Å². The lowest BCUT2D eigenvalue weighted by atomic mass is 10.3. The number of rotatable bonds is 6. The van der Waals surface area contributed by atoms with Crippen molar-refractivity contribution in [2.75, 3.05) is 52.4 Å². The fourth-order valence-electron chi connectivity index (χ4n) is 3.33. The van der Waals surface area contributed by atoms with Crippen molar-refractivity contribution < 1.29 is 21.6 Å². The predicted molar refractivity (Wildman–Crippen MR) is 95.5 cm³/mol. The second-order valence-corrected chi connectivity index (χ2v) is 10.3.